The molecule has 0 spiro atoms. The lowest BCUT2D eigenvalue weighted by atomic mass is 10.1. The number of nitrogens with zero attached hydrogens (tertiary/aromatic N) is 1. The Kier molecular flexibility index (Phi) is 3.80. The number of hydrogen-bond acceptors (Lipinski definition) is 3. The summed E-state index contributed by atoms with van der Waals surface area (Å²) >= 11 is 0. The highest BCUT2D eigenvalue weighted by Crippen LogP contribution is 2.12. The summed E-state index contributed by atoms with van der Waals surface area (Å²) in [6, 6.07) is 9.20. The van der Waals surface area contributed by atoms with Gasteiger partial charge in [0.15, 0.2) is 0 Å². The molecule has 0 saturated heterocycles. The molecule has 1 aromatic carbocycles. The fourth-order valence-corrected chi connectivity index (χ4v) is 1.76. The van der Waals surface area contributed by atoms with Gasteiger partial charge in [0, 0.05) is 29.7 Å². The molecule has 0 aliphatic rings. The number of carbonyl (C=O) groups excluding carboxylic acids is 1. The number of aryl methyl sites for hydroxylation is 2. The Morgan fingerprint density at radius 3 is 2.74 bits per heavy atom. The van der Waals surface area contributed by atoms with E-state index in [0.717, 1.165) is 16.8 Å². The van der Waals surface area contributed by atoms with Crippen LogP contribution in [0.1, 0.15) is 27.2 Å². The fourth-order valence-electron chi connectivity index (χ4n) is 1.76. The number of aromatic nitrogens is 1. The van der Waals surface area contributed by atoms with Gasteiger partial charge in [0.05, 0.1) is 0 Å². The van der Waals surface area contributed by atoms with E-state index in [4.69, 9.17) is 5.73 Å². The Labute approximate surface area is 112 Å². The summed E-state index contributed by atoms with van der Waals surface area (Å²) in [6.45, 7) is 4.28. The van der Waals surface area contributed by atoms with Crippen molar-refractivity contribution < 1.29 is 4.79 Å². The second kappa shape index (κ2) is 5.52. The minimum atomic E-state index is -0.120. The van der Waals surface area contributed by atoms with Crippen LogP contribution in [-0.4, -0.2) is 10.9 Å². The molecule has 1 aromatic heterocycles. The summed E-state index contributed by atoms with van der Waals surface area (Å²) in [6.07, 6.45) is 1.77. The molecule has 0 saturated carbocycles. The molecule has 19 heavy (non-hydrogen) atoms. The van der Waals surface area contributed by atoms with E-state index < -0.39 is 0 Å². The van der Waals surface area contributed by atoms with Crippen LogP contribution >= 0.6 is 0 Å². The van der Waals surface area contributed by atoms with Gasteiger partial charge in [-0.1, -0.05) is 12.1 Å². The van der Waals surface area contributed by atoms with Crippen molar-refractivity contribution in [1.29, 1.82) is 0 Å². The quantitative estimate of drug-likeness (QED) is 0.826. The molecule has 0 aliphatic carbocycles. The van der Waals surface area contributed by atoms with E-state index in [2.05, 4.69) is 10.3 Å². The Morgan fingerprint density at radius 2 is 2.05 bits per heavy atom. The molecule has 0 fully saturated rings. The van der Waals surface area contributed by atoms with E-state index in [1.807, 2.05) is 32.0 Å². The third-order valence-corrected chi connectivity index (χ3v) is 2.93. The van der Waals surface area contributed by atoms with Crippen LogP contribution in [0.5, 0.6) is 0 Å². The highest BCUT2D eigenvalue weighted by Gasteiger charge is 2.08. The van der Waals surface area contributed by atoms with E-state index in [1.54, 1.807) is 18.3 Å². The number of pyridine rings is 1. The molecular formula is C15H17N3O. The average molecular weight is 255 g/mol. The number of carbonyl (C=O) groups is 1. The summed E-state index contributed by atoms with van der Waals surface area (Å²) in [5.74, 6) is -0.120. The molecule has 2 aromatic rings. The molecule has 0 radical (unpaired) electrons. The highest BCUT2D eigenvalue weighted by atomic mass is 16.1. The van der Waals surface area contributed by atoms with Crippen molar-refractivity contribution in [2.24, 2.45) is 0 Å². The van der Waals surface area contributed by atoms with Gasteiger partial charge < -0.3 is 11.1 Å². The Morgan fingerprint density at radius 1 is 1.26 bits per heavy atom. The van der Waals surface area contributed by atoms with Crippen molar-refractivity contribution in [3.63, 3.8) is 0 Å². The molecule has 0 atom stereocenters. The lowest BCUT2D eigenvalue weighted by Gasteiger charge is -2.08. The first-order valence-electron chi connectivity index (χ1n) is 6.12. The number of nitrogens with one attached hydrogen (secondary N) is 1. The number of anilines is 1. The van der Waals surface area contributed by atoms with Crippen LogP contribution in [0.3, 0.4) is 0 Å². The van der Waals surface area contributed by atoms with Crippen molar-refractivity contribution in [3.05, 3.63) is 58.9 Å². The standard InChI is InChI=1S/C15H17N3O/c1-10-3-6-13(16)7-14(10)15(19)18-9-12-5-4-11(2)17-8-12/h3-8H,9,16H2,1-2H3,(H,18,19). The van der Waals surface area contributed by atoms with Crippen molar-refractivity contribution in [3.8, 4) is 0 Å². The normalized spacial score (nSPS) is 10.2. The third-order valence-electron chi connectivity index (χ3n) is 2.93. The summed E-state index contributed by atoms with van der Waals surface area (Å²) in [5.41, 5.74) is 9.74. The molecule has 3 N–H and O–H groups in total. The topological polar surface area (TPSA) is 68.0 Å². The van der Waals surface area contributed by atoms with Crippen LogP contribution < -0.4 is 11.1 Å². The zero-order chi connectivity index (χ0) is 13.8. The van der Waals surface area contributed by atoms with Crippen LogP contribution in [-0.2, 0) is 6.54 Å². The van der Waals surface area contributed by atoms with Crippen LogP contribution in [0.15, 0.2) is 36.5 Å². The lowest BCUT2D eigenvalue weighted by molar-refractivity contribution is 0.0950. The lowest BCUT2D eigenvalue weighted by Crippen LogP contribution is -2.23. The predicted octanol–water partition coefficient (Wildman–Crippen LogP) is 2.21. The van der Waals surface area contributed by atoms with Crippen LogP contribution in [0.25, 0.3) is 0 Å². The Bertz CT molecular complexity index is 591. The molecular weight excluding hydrogens is 238 g/mol. The molecule has 4 nitrogen and oxygen atoms in total. The summed E-state index contributed by atoms with van der Waals surface area (Å²) in [4.78, 5) is 16.3. The van der Waals surface area contributed by atoms with E-state index in [1.165, 1.54) is 0 Å². The molecule has 0 bridgehead atoms. The number of hydrogen-bond donors (Lipinski definition) is 2. The smallest absolute Gasteiger partial charge is 0.251 e. The fraction of sp³-hybridized carbons (Fsp3) is 0.200. The monoisotopic (exact) mass is 255 g/mol. The number of rotatable bonds is 3. The van der Waals surface area contributed by atoms with Gasteiger partial charge in [-0.25, -0.2) is 0 Å². The van der Waals surface area contributed by atoms with Gasteiger partial charge in [-0.15, -0.1) is 0 Å². The van der Waals surface area contributed by atoms with Crippen molar-refractivity contribution in [1.82, 2.24) is 10.3 Å². The van der Waals surface area contributed by atoms with E-state index >= 15 is 0 Å². The maximum atomic E-state index is 12.1. The number of amides is 1. The second-order valence-electron chi connectivity index (χ2n) is 4.56. The summed E-state index contributed by atoms with van der Waals surface area (Å²) in [7, 11) is 0. The molecule has 1 amide bonds. The number of nitrogen functional groups attached to an aromatic ring is 1. The highest BCUT2D eigenvalue weighted by molar-refractivity contribution is 5.96. The second-order valence-corrected chi connectivity index (χ2v) is 4.56. The minimum absolute atomic E-state index is 0.120. The molecule has 0 unspecified atom stereocenters. The average Bonchev–Trinajstić information content (AvgIpc) is 2.40. The van der Waals surface area contributed by atoms with Gasteiger partial charge >= 0.3 is 0 Å². The van der Waals surface area contributed by atoms with Gasteiger partial charge in [-0.3, -0.25) is 9.78 Å². The summed E-state index contributed by atoms with van der Waals surface area (Å²) < 4.78 is 0. The zero-order valence-electron chi connectivity index (χ0n) is 11.1. The van der Waals surface area contributed by atoms with Gasteiger partial charge in [0.25, 0.3) is 5.91 Å². The minimum Gasteiger partial charge on any atom is -0.399 e. The van der Waals surface area contributed by atoms with Crippen LogP contribution in [0.4, 0.5) is 5.69 Å². The number of nitrogens with two attached hydrogens (primary N) is 1. The van der Waals surface area contributed by atoms with Gasteiger partial charge in [0.2, 0.25) is 0 Å². The molecule has 1 heterocycles. The van der Waals surface area contributed by atoms with E-state index in [9.17, 15) is 4.79 Å². The van der Waals surface area contributed by atoms with Gasteiger partial charge in [-0.2, -0.15) is 0 Å². The first-order chi connectivity index (χ1) is 9.06. The molecule has 4 heteroatoms. The maximum Gasteiger partial charge on any atom is 0.251 e. The summed E-state index contributed by atoms with van der Waals surface area (Å²) in [5, 5.41) is 2.87. The largest absolute Gasteiger partial charge is 0.399 e. The third kappa shape index (κ3) is 3.31. The SMILES string of the molecule is Cc1ccc(CNC(=O)c2cc(N)ccc2C)cn1. The van der Waals surface area contributed by atoms with Crippen LogP contribution in [0.2, 0.25) is 0 Å². The first kappa shape index (κ1) is 13.1. The predicted molar refractivity (Wildman–Crippen MR) is 75.7 cm³/mol. The molecule has 0 aliphatic heterocycles. The van der Waals surface area contributed by atoms with Crippen molar-refractivity contribution in [2.45, 2.75) is 20.4 Å². The van der Waals surface area contributed by atoms with Gasteiger partial charge in [-0.05, 0) is 43.2 Å². The Hall–Kier alpha value is -2.36. The first-order valence-corrected chi connectivity index (χ1v) is 6.12. The maximum absolute atomic E-state index is 12.1. The molecule has 98 valence electrons. The van der Waals surface area contributed by atoms with Crippen molar-refractivity contribution >= 4 is 11.6 Å². The van der Waals surface area contributed by atoms with Crippen LogP contribution in [0, 0.1) is 13.8 Å². The van der Waals surface area contributed by atoms with Gasteiger partial charge in [0.1, 0.15) is 0 Å². The van der Waals surface area contributed by atoms with E-state index in [0.29, 0.717) is 17.8 Å². The van der Waals surface area contributed by atoms with E-state index in [-0.39, 0.29) is 5.91 Å². The Balaban J connectivity index is 2.05. The van der Waals surface area contributed by atoms with Crippen molar-refractivity contribution in [2.75, 3.05) is 5.73 Å². The molecule has 2 rings (SSSR count). The zero-order valence-corrected chi connectivity index (χ0v) is 11.1. The number of benzene rings is 1.